The van der Waals surface area contributed by atoms with Crippen LogP contribution in [0.1, 0.15) is 37.8 Å². The van der Waals surface area contributed by atoms with E-state index >= 15 is 0 Å². The van der Waals surface area contributed by atoms with Gasteiger partial charge in [-0.05, 0) is 43.0 Å². The minimum absolute atomic E-state index is 0.376. The third-order valence-corrected chi connectivity index (χ3v) is 3.96. The van der Waals surface area contributed by atoms with E-state index in [-0.39, 0.29) is 0 Å². The summed E-state index contributed by atoms with van der Waals surface area (Å²) in [4.78, 5) is 4.66. The maximum absolute atomic E-state index is 6.39. The normalized spacial score (nSPS) is 11.3. The van der Waals surface area contributed by atoms with Crippen LogP contribution in [-0.2, 0) is 0 Å². The molecule has 0 amide bonds. The van der Waals surface area contributed by atoms with Gasteiger partial charge in [-0.2, -0.15) is 0 Å². The summed E-state index contributed by atoms with van der Waals surface area (Å²) in [5.74, 6) is 1.27. The van der Waals surface area contributed by atoms with E-state index in [2.05, 4.69) is 37.1 Å². The van der Waals surface area contributed by atoms with Gasteiger partial charge in [0, 0.05) is 11.9 Å². The standard InChI is InChI=1S/C15H18Cl2N2/c1-5-18-15-10(8(2)3)7-11-13(17)9(4)6-12(16)14(11)19-15/h6-8H,5H2,1-4H3,(H,18,19). The van der Waals surface area contributed by atoms with E-state index in [0.717, 1.165) is 39.4 Å². The number of aryl methyl sites for hydroxylation is 1. The first-order valence-electron chi connectivity index (χ1n) is 6.48. The highest BCUT2D eigenvalue weighted by Gasteiger charge is 2.14. The Hall–Kier alpha value is -0.990. The molecule has 0 aliphatic rings. The van der Waals surface area contributed by atoms with Gasteiger partial charge in [0.1, 0.15) is 5.82 Å². The van der Waals surface area contributed by atoms with Gasteiger partial charge in [0.15, 0.2) is 0 Å². The fourth-order valence-electron chi connectivity index (χ4n) is 2.16. The Kier molecular flexibility index (Phi) is 4.22. The zero-order valence-electron chi connectivity index (χ0n) is 11.6. The van der Waals surface area contributed by atoms with Crippen LogP contribution in [0.2, 0.25) is 10.0 Å². The summed E-state index contributed by atoms with van der Waals surface area (Å²) in [6.07, 6.45) is 0. The molecule has 0 aliphatic heterocycles. The molecule has 0 radical (unpaired) electrons. The highest BCUT2D eigenvalue weighted by Crippen LogP contribution is 2.36. The molecular weight excluding hydrogens is 279 g/mol. The lowest BCUT2D eigenvalue weighted by Crippen LogP contribution is -2.05. The average molecular weight is 297 g/mol. The second-order valence-electron chi connectivity index (χ2n) is 5.00. The Balaban J connectivity index is 2.81. The minimum Gasteiger partial charge on any atom is -0.370 e. The maximum atomic E-state index is 6.39. The number of pyridine rings is 1. The molecule has 0 unspecified atom stereocenters. The van der Waals surface area contributed by atoms with E-state index in [0.29, 0.717) is 10.9 Å². The molecule has 1 aromatic carbocycles. The maximum Gasteiger partial charge on any atom is 0.130 e. The molecule has 0 fully saturated rings. The number of anilines is 1. The smallest absolute Gasteiger partial charge is 0.130 e. The van der Waals surface area contributed by atoms with E-state index in [4.69, 9.17) is 23.2 Å². The monoisotopic (exact) mass is 296 g/mol. The Labute approximate surface area is 124 Å². The Morgan fingerprint density at radius 3 is 2.53 bits per heavy atom. The first-order chi connectivity index (χ1) is 8.95. The van der Waals surface area contributed by atoms with Gasteiger partial charge in [0.2, 0.25) is 0 Å². The zero-order chi connectivity index (χ0) is 14.2. The number of fused-ring (bicyclic) bond motifs is 1. The zero-order valence-corrected chi connectivity index (χ0v) is 13.2. The molecule has 0 atom stereocenters. The number of nitrogens with zero attached hydrogens (tertiary/aromatic N) is 1. The highest BCUT2D eigenvalue weighted by molar-refractivity contribution is 6.40. The Morgan fingerprint density at radius 1 is 1.26 bits per heavy atom. The Morgan fingerprint density at radius 2 is 1.95 bits per heavy atom. The van der Waals surface area contributed by atoms with E-state index in [1.807, 2.05) is 13.0 Å². The van der Waals surface area contributed by atoms with Crippen molar-refractivity contribution in [3.8, 4) is 0 Å². The van der Waals surface area contributed by atoms with Crippen LogP contribution in [0.25, 0.3) is 10.9 Å². The van der Waals surface area contributed by atoms with Crippen molar-refractivity contribution >= 4 is 39.9 Å². The van der Waals surface area contributed by atoms with E-state index < -0.39 is 0 Å². The van der Waals surface area contributed by atoms with Crippen molar-refractivity contribution in [3.63, 3.8) is 0 Å². The molecule has 0 saturated carbocycles. The number of hydrogen-bond donors (Lipinski definition) is 1. The SMILES string of the molecule is CCNc1nc2c(Cl)cc(C)c(Cl)c2cc1C(C)C. The van der Waals surface area contributed by atoms with Crippen molar-refractivity contribution in [2.45, 2.75) is 33.6 Å². The molecule has 0 aliphatic carbocycles. The van der Waals surface area contributed by atoms with Gasteiger partial charge < -0.3 is 5.32 Å². The Bertz CT molecular complexity index is 621. The summed E-state index contributed by atoms with van der Waals surface area (Å²) >= 11 is 12.7. The lowest BCUT2D eigenvalue weighted by molar-refractivity contribution is 0.861. The van der Waals surface area contributed by atoms with Crippen molar-refractivity contribution in [1.82, 2.24) is 4.98 Å². The second-order valence-corrected chi connectivity index (χ2v) is 5.78. The first kappa shape index (κ1) is 14.4. The number of benzene rings is 1. The van der Waals surface area contributed by atoms with Gasteiger partial charge in [-0.1, -0.05) is 37.0 Å². The molecule has 1 aromatic heterocycles. The second kappa shape index (κ2) is 5.56. The third-order valence-electron chi connectivity index (χ3n) is 3.17. The van der Waals surface area contributed by atoms with E-state index in [9.17, 15) is 0 Å². The van der Waals surface area contributed by atoms with Crippen molar-refractivity contribution in [3.05, 3.63) is 33.3 Å². The summed E-state index contributed by atoms with van der Waals surface area (Å²) in [5.41, 5.74) is 2.91. The molecule has 1 heterocycles. The number of aromatic nitrogens is 1. The minimum atomic E-state index is 0.376. The molecule has 2 nitrogen and oxygen atoms in total. The van der Waals surface area contributed by atoms with Crippen LogP contribution < -0.4 is 5.32 Å². The average Bonchev–Trinajstić information content (AvgIpc) is 2.35. The fourth-order valence-corrected chi connectivity index (χ4v) is 2.67. The topological polar surface area (TPSA) is 24.9 Å². The number of halogens is 2. The molecule has 19 heavy (non-hydrogen) atoms. The molecule has 0 spiro atoms. The van der Waals surface area contributed by atoms with E-state index in [1.54, 1.807) is 0 Å². The van der Waals surface area contributed by atoms with Gasteiger partial charge in [-0.15, -0.1) is 0 Å². The summed E-state index contributed by atoms with van der Waals surface area (Å²) < 4.78 is 0. The summed E-state index contributed by atoms with van der Waals surface area (Å²) in [6, 6.07) is 3.97. The van der Waals surface area contributed by atoms with Gasteiger partial charge in [-0.3, -0.25) is 0 Å². The van der Waals surface area contributed by atoms with E-state index in [1.165, 1.54) is 0 Å². The van der Waals surface area contributed by atoms with Gasteiger partial charge >= 0.3 is 0 Å². The molecule has 2 rings (SSSR count). The number of hydrogen-bond acceptors (Lipinski definition) is 2. The quantitative estimate of drug-likeness (QED) is 0.819. The predicted molar refractivity (Wildman–Crippen MR) is 84.8 cm³/mol. The van der Waals surface area contributed by atoms with Crippen LogP contribution in [0, 0.1) is 6.92 Å². The predicted octanol–water partition coefficient (Wildman–Crippen LogP) is 5.41. The van der Waals surface area contributed by atoms with Crippen LogP contribution >= 0.6 is 23.2 Å². The largest absolute Gasteiger partial charge is 0.370 e. The van der Waals surface area contributed by atoms with Crippen LogP contribution in [0.4, 0.5) is 5.82 Å². The summed E-state index contributed by atoms with van der Waals surface area (Å²) in [6.45, 7) is 9.14. The molecule has 0 saturated heterocycles. The lowest BCUT2D eigenvalue weighted by Gasteiger charge is -2.16. The first-order valence-corrected chi connectivity index (χ1v) is 7.24. The highest BCUT2D eigenvalue weighted by atomic mass is 35.5. The molecule has 102 valence electrons. The van der Waals surface area contributed by atoms with Crippen molar-refractivity contribution in [1.29, 1.82) is 0 Å². The molecule has 2 aromatic rings. The summed E-state index contributed by atoms with van der Waals surface area (Å²) in [5, 5.41) is 5.60. The third kappa shape index (κ3) is 2.65. The number of rotatable bonds is 3. The molecular formula is C15H18Cl2N2. The molecule has 4 heteroatoms. The number of nitrogens with one attached hydrogen (secondary N) is 1. The van der Waals surface area contributed by atoms with Gasteiger partial charge in [0.25, 0.3) is 0 Å². The van der Waals surface area contributed by atoms with Gasteiger partial charge in [-0.25, -0.2) is 4.98 Å². The lowest BCUT2D eigenvalue weighted by atomic mass is 10.0. The van der Waals surface area contributed by atoms with Crippen molar-refractivity contribution < 1.29 is 0 Å². The van der Waals surface area contributed by atoms with Gasteiger partial charge in [0.05, 0.1) is 15.6 Å². The molecule has 0 bridgehead atoms. The van der Waals surface area contributed by atoms with Crippen LogP contribution in [0.15, 0.2) is 12.1 Å². The van der Waals surface area contributed by atoms with Crippen LogP contribution in [-0.4, -0.2) is 11.5 Å². The van der Waals surface area contributed by atoms with Crippen molar-refractivity contribution in [2.24, 2.45) is 0 Å². The molecule has 1 N–H and O–H groups in total. The van der Waals surface area contributed by atoms with Crippen LogP contribution in [0.3, 0.4) is 0 Å². The fraction of sp³-hybridized carbons (Fsp3) is 0.400. The van der Waals surface area contributed by atoms with Crippen LogP contribution in [0.5, 0.6) is 0 Å². The van der Waals surface area contributed by atoms with Crippen molar-refractivity contribution in [2.75, 3.05) is 11.9 Å². The summed E-state index contributed by atoms with van der Waals surface area (Å²) in [7, 11) is 0.